The Labute approximate surface area is 121 Å². The standard InChI is InChI=1S/C11H16BrF7O/c12-7-5-3-1-2-4-6-8-20-9(13,10(14,15)16)11(17,18)19/h1-8H2. The van der Waals surface area contributed by atoms with Crippen LogP contribution in [0.1, 0.15) is 38.5 Å². The fraction of sp³-hybridized carbons (Fsp3) is 1.00. The second-order valence-electron chi connectivity index (χ2n) is 4.25. The van der Waals surface area contributed by atoms with Gasteiger partial charge in [-0.25, -0.2) is 0 Å². The number of hydrogen-bond donors (Lipinski definition) is 0. The van der Waals surface area contributed by atoms with Gasteiger partial charge in [0.05, 0.1) is 6.61 Å². The molecule has 0 aliphatic carbocycles. The molecule has 0 unspecified atom stereocenters. The quantitative estimate of drug-likeness (QED) is 0.292. The van der Waals surface area contributed by atoms with Gasteiger partial charge in [-0.1, -0.05) is 41.6 Å². The Hall–Kier alpha value is -0.0500. The van der Waals surface area contributed by atoms with Crippen molar-refractivity contribution < 1.29 is 35.5 Å². The lowest BCUT2D eigenvalue weighted by Gasteiger charge is -2.29. The van der Waals surface area contributed by atoms with Crippen LogP contribution in [0, 0.1) is 0 Å². The summed E-state index contributed by atoms with van der Waals surface area (Å²) in [5, 5.41) is 0.845. The first-order chi connectivity index (χ1) is 9.06. The van der Waals surface area contributed by atoms with Crippen LogP contribution in [0.25, 0.3) is 0 Å². The van der Waals surface area contributed by atoms with Gasteiger partial charge in [0.2, 0.25) is 0 Å². The van der Waals surface area contributed by atoms with Crippen LogP contribution in [0.15, 0.2) is 0 Å². The van der Waals surface area contributed by atoms with E-state index in [0.29, 0.717) is 12.8 Å². The lowest BCUT2D eigenvalue weighted by Crippen LogP contribution is -2.55. The summed E-state index contributed by atoms with van der Waals surface area (Å²) in [7, 11) is 0. The highest BCUT2D eigenvalue weighted by Crippen LogP contribution is 2.46. The van der Waals surface area contributed by atoms with E-state index in [1.165, 1.54) is 0 Å². The van der Waals surface area contributed by atoms with E-state index >= 15 is 0 Å². The van der Waals surface area contributed by atoms with E-state index in [1.807, 2.05) is 0 Å². The minimum Gasteiger partial charge on any atom is -0.332 e. The molecule has 0 radical (unpaired) electrons. The molecule has 0 saturated carbocycles. The van der Waals surface area contributed by atoms with Gasteiger partial charge < -0.3 is 4.74 Å². The molecule has 0 atom stereocenters. The maximum absolute atomic E-state index is 13.0. The van der Waals surface area contributed by atoms with Crippen molar-refractivity contribution in [3.05, 3.63) is 0 Å². The molecule has 0 N–H and O–H groups in total. The van der Waals surface area contributed by atoms with Crippen LogP contribution in [0.3, 0.4) is 0 Å². The third kappa shape index (κ3) is 6.15. The van der Waals surface area contributed by atoms with Crippen LogP contribution in [0.4, 0.5) is 30.7 Å². The largest absolute Gasteiger partial charge is 0.458 e. The van der Waals surface area contributed by atoms with Crippen molar-refractivity contribution in [1.82, 2.24) is 0 Å². The molecule has 0 heterocycles. The summed E-state index contributed by atoms with van der Waals surface area (Å²) in [5.74, 6) is -5.59. The summed E-state index contributed by atoms with van der Waals surface area (Å²) in [5.41, 5.74) is 0. The highest BCUT2D eigenvalue weighted by atomic mass is 79.9. The van der Waals surface area contributed by atoms with Gasteiger partial charge in [0.25, 0.3) is 0 Å². The molecule has 0 aromatic heterocycles. The van der Waals surface area contributed by atoms with Crippen LogP contribution in [-0.4, -0.2) is 30.1 Å². The lowest BCUT2D eigenvalue weighted by atomic mass is 10.1. The summed E-state index contributed by atoms with van der Waals surface area (Å²) >= 11 is 3.23. The van der Waals surface area contributed by atoms with E-state index in [2.05, 4.69) is 20.7 Å². The summed E-state index contributed by atoms with van der Waals surface area (Å²) in [6.45, 7) is -0.923. The zero-order valence-electron chi connectivity index (χ0n) is 10.6. The first-order valence-electron chi connectivity index (χ1n) is 6.08. The fourth-order valence-electron chi connectivity index (χ4n) is 1.44. The molecule has 0 bridgehead atoms. The van der Waals surface area contributed by atoms with Gasteiger partial charge in [-0.05, 0) is 12.8 Å². The Morgan fingerprint density at radius 2 is 1.05 bits per heavy atom. The Balaban J connectivity index is 4.07. The molecule has 0 aromatic carbocycles. The van der Waals surface area contributed by atoms with E-state index < -0.39 is 24.8 Å². The highest BCUT2D eigenvalue weighted by molar-refractivity contribution is 9.09. The third-order valence-corrected chi connectivity index (χ3v) is 3.12. The highest BCUT2D eigenvalue weighted by Gasteiger charge is 2.74. The SMILES string of the molecule is FC(F)(F)C(F)(OCCCCCCCCBr)C(F)(F)F. The van der Waals surface area contributed by atoms with Crippen LogP contribution in [0.5, 0.6) is 0 Å². The minimum absolute atomic E-state index is 0.0495. The number of alkyl halides is 8. The predicted octanol–water partition coefficient (Wildman–Crippen LogP) is 5.53. The van der Waals surface area contributed by atoms with Gasteiger partial charge in [0, 0.05) is 5.33 Å². The fourth-order valence-corrected chi connectivity index (χ4v) is 1.84. The molecular weight excluding hydrogens is 361 g/mol. The van der Waals surface area contributed by atoms with Crippen molar-refractivity contribution >= 4 is 15.9 Å². The first-order valence-corrected chi connectivity index (χ1v) is 7.20. The topological polar surface area (TPSA) is 9.23 Å². The summed E-state index contributed by atoms with van der Waals surface area (Å²) in [4.78, 5) is 0. The molecule has 9 heteroatoms. The smallest absolute Gasteiger partial charge is 0.332 e. The molecule has 1 nitrogen and oxygen atoms in total. The molecule has 0 rings (SSSR count). The number of unbranched alkanes of at least 4 members (excludes halogenated alkanes) is 5. The van der Waals surface area contributed by atoms with Gasteiger partial charge in [-0.15, -0.1) is 0 Å². The predicted molar refractivity (Wildman–Crippen MR) is 63.4 cm³/mol. The van der Waals surface area contributed by atoms with Crippen molar-refractivity contribution in [3.63, 3.8) is 0 Å². The van der Waals surface area contributed by atoms with E-state index in [4.69, 9.17) is 0 Å². The first kappa shape index (κ1) is 19.9. The molecule has 0 spiro atoms. The van der Waals surface area contributed by atoms with Gasteiger partial charge >= 0.3 is 18.2 Å². The molecule has 122 valence electrons. The van der Waals surface area contributed by atoms with Crippen molar-refractivity contribution in [1.29, 1.82) is 0 Å². The molecule has 20 heavy (non-hydrogen) atoms. The van der Waals surface area contributed by atoms with Crippen molar-refractivity contribution in [2.24, 2.45) is 0 Å². The van der Waals surface area contributed by atoms with Gasteiger partial charge in [-0.2, -0.15) is 30.7 Å². The zero-order valence-corrected chi connectivity index (χ0v) is 12.2. The van der Waals surface area contributed by atoms with E-state index in [-0.39, 0.29) is 6.42 Å². The second-order valence-corrected chi connectivity index (χ2v) is 5.04. The van der Waals surface area contributed by atoms with Crippen molar-refractivity contribution in [2.75, 3.05) is 11.9 Å². The van der Waals surface area contributed by atoms with Crippen molar-refractivity contribution in [2.45, 2.75) is 56.7 Å². The average molecular weight is 377 g/mol. The second kappa shape index (κ2) is 8.41. The summed E-state index contributed by atoms with van der Waals surface area (Å²) in [6, 6.07) is 0. The van der Waals surface area contributed by atoms with E-state index in [9.17, 15) is 30.7 Å². The maximum Gasteiger partial charge on any atom is 0.458 e. The Morgan fingerprint density at radius 3 is 1.45 bits per heavy atom. The molecular formula is C11H16BrF7O. The molecule has 0 fully saturated rings. The summed E-state index contributed by atoms with van der Waals surface area (Å²) < 4.78 is 89.0. The average Bonchev–Trinajstić information content (AvgIpc) is 2.29. The molecule has 0 aliphatic rings. The Kier molecular flexibility index (Phi) is 8.39. The number of rotatable bonds is 9. The van der Waals surface area contributed by atoms with Gasteiger partial charge in [0.15, 0.2) is 0 Å². The zero-order chi connectivity index (χ0) is 15.9. The Bertz CT molecular complexity index is 250. The van der Waals surface area contributed by atoms with Crippen LogP contribution in [-0.2, 0) is 4.74 Å². The molecule has 0 aromatic rings. The molecule has 0 aliphatic heterocycles. The van der Waals surface area contributed by atoms with Gasteiger partial charge in [0.1, 0.15) is 0 Å². The van der Waals surface area contributed by atoms with E-state index in [1.54, 1.807) is 0 Å². The minimum atomic E-state index is -6.14. The van der Waals surface area contributed by atoms with Gasteiger partial charge in [-0.3, -0.25) is 0 Å². The lowest BCUT2D eigenvalue weighted by molar-refractivity contribution is -0.430. The van der Waals surface area contributed by atoms with Crippen molar-refractivity contribution in [3.8, 4) is 0 Å². The monoisotopic (exact) mass is 376 g/mol. The molecule has 0 saturated heterocycles. The third-order valence-electron chi connectivity index (χ3n) is 2.56. The number of hydrogen-bond acceptors (Lipinski definition) is 1. The molecule has 0 amide bonds. The summed E-state index contributed by atoms with van der Waals surface area (Å²) in [6.07, 6.45) is -8.57. The Morgan fingerprint density at radius 1 is 0.650 bits per heavy atom. The van der Waals surface area contributed by atoms with E-state index in [0.717, 1.165) is 24.6 Å². The number of ether oxygens (including phenoxy) is 1. The number of halogens is 8. The maximum atomic E-state index is 13.0. The van der Waals surface area contributed by atoms with Crippen LogP contribution >= 0.6 is 15.9 Å². The van der Waals surface area contributed by atoms with Crippen LogP contribution in [0.2, 0.25) is 0 Å². The normalized spacial score (nSPS) is 13.8. The van der Waals surface area contributed by atoms with Crippen LogP contribution < -0.4 is 0 Å².